The van der Waals surface area contributed by atoms with Gasteiger partial charge in [-0.1, -0.05) is 39.4 Å². The number of nitrogens with zero attached hydrogens (tertiary/aromatic N) is 3. The lowest BCUT2D eigenvalue weighted by Gasteiger charge is -2.22. The highest BCUT2D eigenvalue weighted by Crippen LogP contribution is 2.34. The van der Waals surface area contributed by atoms with Crippen LogP contribution in [0.3, 0.4) is 0 Å². The molecule has 1 amide bonds. The number of para-hydroxylation sites is 1. The first-order valence-electron chi connectivity index (χ1n) is 8.15. The maximum absolute atomic E-state index is 13.2. The van der Waals surface area contributed by atoms with Crippen molar-refractivity contribution < 1.29 is 4.79 Å². The number of amides is 1. The zero-order valence-corrected chi connectivity index (χ0v) is 19.3. The summed E-state index contributed by atoms with van der Waals surface area (Å²) in [5.41, 5.74) is 1.62. The second-order valence-corrected chi connectivity index (χ2v) is 8.85. The molecule has 0 aliphatic heterocycles. The van der Waals surface area contributed by atoms with Gasteiger partial charge in [-0.25, -0.2) is 4.98 Å². The Morgan fingerprint density at radius 3 is 2.59 bits per heavy atom. The van der Waals surface area contributed by atoms with Crippen molar-refractivity contribution in [3.05, 3.63) is 52.5 Å². The predicted octanol–water partition coefficient (Wildman–Crippen LogP) is 5.41. The Balaban J connectivity index is 0.00000261. The molecule has 1 aromatic heterocycles. The number of anilines is 1. The van der Waals surface area contributed by atoms with Gasteiger partial charge in [0.05, 0.1) is 10.2 Å². The average molecular weight is 487 g/mol. The molecule has 3 rings (SSSR count). The molecule has 0 saturated carbocycles. The Morgan fingerprint density at radius 2 is 1.93 bits per heavy atom. The standard InChI is InChI=1S/C19H20BrN3OS2.ClH/c1-22(2)10-11-23(18(24)13-6-4-7-14(20)12-13)19-21-17-15(25-3)8-5-9-16(17)26-19;/h4-9,12H,10-11H2,1-3H3;1H. The minimum atomic E-state index is -0.0297. The number of carbonyl (C=O) groups is 1. The number of thiazole rings is 1. The fraction of sp³-hybridized carbons (Fsp3) is 0.263. The van der Waals surface area contributed by atoms with Crippen molar-refractivity contribution in [1.82, 2.24) is 9.88 Å². The number of thioether (sulfide) groups is 1. The van der Waals surface area contributed by atoms with Crippen molar-refractivity contribution in [1.29, 1.82) is 0 Å². The van der Waals surface area contributed by atoms with Crippen LogP contribution in [0.25, 0.3) is 10.2 Å². The molecule has 0 spiro atoms. The molecule has 2 aromatic carbocycles. The first-order chi connectivity index (χ1) is 12.5. The Morgan fingerprint density at radius 1 is 1.19 bits per heavy atom. The van der Waals surface area contributed by atoms with Crippen molar-refractivity contribution >= 4 is 72.7 Å². The van der Waals surface area contributed by atoms with Crippen LogP contribution in [-0.4, -0.2) is 49.2 Å². The maximum atomic E-state index is 13.2. The molecule has 144 valence electrons. The van der Waals surface area contributed by atoms with Crippen molar-refractivity contribution in [3.63, 3.8) is 0 Å². The molecule has 0 saturated heterocycles. The van der Waals surface area contributed by atoms with E-state index in [-0.39, 0.29) is 18.3 Å². The van der Waals surface area contributed by atoms with Gasteiger partial charge in [-0.05, 0) is 50.7 Å². The molecule has 0 N–H and O–H groups in total. The highest BCUT2D eigenvalue weighted by atomic mass is 79.9. The molecule has 1 heterocycles. The summed E-state index contributed by atoms with van der Waals surface area (Å²) in [6.45, 7) is 1.36. The summed E-state index contributed by atoms with van der Waals surface area (Å²) in [7, 11) is 4.01. The van der Waals surface area contributed by atoms with E-state index in [0.29, 0.717) is 12.1 Å². The summed E-state index contributed by atoms with van der Waals surface area (Å²) in [6.07, 6.45) is 2.05. The minimum Gasteiger partial charge on any atom is -0.308 e. The van der Waals surface area contributed by atoms with E-state index in [9.17, 15) is 4.79 Å². The van der Waals surface area contributed by atoms with Gasteiger partial charge in [0, 0.05) is 28.0 Å². The van der Waals surface area contributed by atoms with E-state index in [0.717, 1.165) is 31.3 Å². The van der Waals surface area contributed by atoms with Crippen molar-refractivity contribution in [2.45, 2.75) is 4.90 Å². The van der Waals surface area contributed by atoms with Gasteiger partial charge in [0.1, 0.15) is 0 Å². The van der Waals surface area contributed by atoms with Crippen LogP contribution in [0.5, 0.6) is 0 Å². The number of hydrogen-bond donors (Lipinski definition) is 0. The Bertz CT molecular complexity index is 932. The third-order valence-corrected chi connectivity index (χ3v) is 6.22. The molecule has 0 aliphatic carbocycles. The van der Waals surface area contributed by atoms with Crippen LogP contribution in [0.1, 0.15) is 10.4 Å². The molecule has 0 aliphatic rings. The molecule has 4 nitrogen and oxygen atoms in total. The summed E-state index contributed by atoms with van der Waals surface area (Å²) < 4.78 is 1.99. The van der Waals surface area contributed by atoms with Crippen LogP contribution >= 0.6 is 51.4 Å². The van der Waals surface area contributed by atoms with Gasteiger partial charge in [-0.3, -0.25) is 9.69 Å². The number of hydrogen-bond acceptors (Lipinski definition) is 5. The van der Waals surface area contributed by atoms with E-state index in [1.54, 1.807) is 28.0 Å². The van der Waals surface area contributed by atoms with Gasteiger partial charge in [0.2, 0.25) is 0 Å². The lowest BCUT2D eigenvalue weighted by molar-refractivity contribution is 0.0985. The molecular weight excluding hydrogens is 466 g/mol. The van der Waals surface area contributed by atoms with Crippen LogP contribution in [0.2, 0.25) is 0 Å². The Kier molecular flexibility index (Phi) is 8.12. The van der Waals surface area contributed by atoms with E-state index in [1.807, 2.05) is 50.7 Å². The topological polar surface area (TPSA) is 36.4 Å². The van der Waals surface area contributed by atoms with Crippen LogP contribution in [0, 0.1) is 0 Å². The lowest BCUT2D eigenvalue weighted by Crippen LogP contribution is -2.36. The molecule has 27 heavy (non-hydrogen) atoms. The van der Waals surface area contributed by atoms with E-state index in [2.05, 4.69) is 33.0 Å². The molecule has 0 bridgehead atoms. The number of benzene rings is 2. The monoisotopic (exact) mass is 485 g/mol. The molecule has 3 aromatic rings. The van der Waals surface area contributed by atoms with Crippen LogP contribution < -0.4 is 4.90 Å². The van der Waals surface area contributed by atoms with Crippen molar-refractivity contribution in [3.8, 4) is 0 Å². The van der Waals surface area contributed by atoms with Crippen LogP contribution in [-0.2, 0) is 0 Å². The van der Waals surface area contributed by atoms with Crippen molar-refractivity contribution in [2.24, 2.45) is 0 Å². The number of halogens is 2. The molecule has 0 radical (unpaired) electrons. The maximum Gasteiger partial charge on any atom is 0.260 e. The zero-order chi connectivity index (χ0) is 18.7. The summed E-state index contributed by atoms with van der Waals surface area (Å²) >= 11 is 6.69. The summed E-state index contributed by atoms with van der Waals surface area (Å²) in [6, 6.07) is 13.7. The highest BCUT2D eigenvalue weighted by molar-refractivity contribution is 9.10. The quantitative estimate of drug-likeness (QED) is 0.436. The molecule has 0 atom stereocenters. The van der Waals surface area contributed by atoms with Gasteiger partial charge in [-0.15, -0.1) is 24.2 Å². The average Bonchev–Trinajstić information content (AvgIpc) is 3.05. The van der Waals surface area contributed by atoms with Gasteiger partial charge in [0.25, 0.3) is 5.91 Å². The van der Waals surface area contributed by atoms with Crippen LogP contribution in [0.4, 0.5) is 5.13 Å². The normalized spacial score (nSPS) is 10.9. The highest BCUT2D eigenvalue weighted by Gasteiger charge is 2.22. The number of fused-ring (bicyclic) bond motifs is 1. The van der Waals surface area contributed by atoms with Gasteiger partial charge in [-0.2, -0.15) is 0 Å². The van der Waals surface area contributed by atoms with E-state index in [1.165, 1.54) is 0 Å². The Hall–Kier alpha value is -1.12. The van der Waals surface area contributed by atoms with E-state index in [4.69, 9.17) is 4.98 Å². The lowest BCUT2D eigenvalue weighted by atomic mass is 10.2. The summed E-state index contributed by atoms with van der Waals surface area (Å²) in [5.74, 6) is -0.0297. The first kappa shape index (κ1) is 22.2. The fourth-order valence-electron chi connectivity index (χ4n) is 2.55. The second kappa shape index (κ2) is 9.89. The minimum absolute atomic E-state index is 0. The molecule has 0 unspecified atom stereocenters. The summed E-state index contributed by atoms with van der Waals surface area (Å²) in [5, 5.41) is 0.744. The SMILES string of the molecule is CSc1cccc2sc(N(CCN(C)C)C(=O)c3cccc(Br)c3)nc12.Cl. The van der Waals surface area contributed by atoms with E-state index < -0.39 is 0 Å². The fourth-order valence-corrected chi connectivity index (χ4v) is 4.60. The molecule has 0 fully saturated rings. The molecule has 8 heteroatoms. The number of likely N-dealkylation sites (N-methyl/N-ethyl adjacent to an activating group) is 1. The van der Waals surface area contributed by atoms with Gasteiger partial charge in [0.15, 0.2) is 5.13 Å². The third-order valence-electron chi connectivity index (χ3n) is 3.91. The third kappa shape index (κ3) is 5.23. The van der Waals surface area contributed by atoms with Crippen molar-refractivity contribution in [2.75, 3.05) is 38.3 Å². The van der Waals surface area contributed by atoms with E-state index >= 15 is 0 Å². The summed E-state index contributed by atoms with van der Waals surface area (Å²) in [4.78, 5) is 23.0. The Labute approximate surface area is 182 Å². The zero-order valence-electron chi connectivity index (χ0n) is 15.3. The predicted molar refractivity (Wildman–Crippen MR) is 123 cm³/mol. The first-order valence-corrected chi connectivity index (χ1v) is 11.0. The second-order valence-electron chi connectivity index (χ2n) is 6.07. The molecular formula is C19H21BrClN3OS2. The number of aromatic nitrogens is 1. The largest absolute Gasteiger partial charge is 0.308 e. The van der Waals surface area contributed by atoms with Crippen LogP contribution in [0.15, 0.2) is 51.8 Å². The van der Waals surface area contributed by atoms with Gasteiger partial charge >= 0.3 is 0 Å². The number of rotatable bonds is 6. The number of carbonyl (C=O) groups excluding carboxylic acids is 1. The smallest absolute Gasteiger partial charge is 0.260 e. The van der Waals surface area contributed by atoms with Gasteiger partial charge < -0.3 is 4.90 Å².